The third kappa shape index (κ3) is 1.88. The Morgan fingerprint density at radius 1 is 1.59 bits per heavy atom. The predicted molar refractivity (Wildman–Crippen MR) is 65.3 cm³/mol. The molecule has 3 heterocycles. The highest BCUT2D eigenvalue weighted by Crippen LogP contribution is 2.38. The monoisotopic (exact) mass is 249 g/mol. The molecule has 2 aromatic heterocycles. The van der Waals surface area contributed by atoms with Gasteiger partial charge in [-0.15, -0.1) is 0 Å². The molecule has 1 saturated heterocycles. The normalized spacial score (nSPS) is 19.9. The van der Waals surface area contributed by atoms with Crippen LogP contribution >= 0.6 is 11.8 Å². The molecule has 1 aliphatic rings. The smallest absolute Gasteiger partial charge is 0.337 e. The second-order valence-corrected chi connectivity index (χ2v) is 5.33. The van der Waals surface area contributed by atoms with Crippen molar-refractivity contribution in [2.75, 3.05) is 5.75 Å². The quantitative estimate of drug-likeness (QED) is 0.853. The highest BCUT2D eigenvalue weighted by Gasteiger charge is 2.21. The summed E-state index contributed by atoms with van der Waals surface area (Å²) >= 11 is 1.88. The van der Waals surface area contributed by atoms with Gasteiger partial charge in [-0.1, -0.05) is 0 Å². The topological polar surface area (TPSA) is 78.9 Å². The molecule has 0 aliphatic carbocycles. The van der Waals surface area contributed by atoms with Crippen molar-refractivity contribution in [1.82, 2.24) is 15.0 Å². The predicted octanol–water partition coefficient (Wildman–Crippen LogP) is 2.22. The van der Waals surface area contributed by atoms with Gasteiger partial charge in [-0.3, -0.25) is 0 Å². The van der Waals surface area contributed by atoms with Crippen molar-refractivity contribution in [3.63, 3.8) is 0 Å². The van der Waals surface area contributed by atoms with E-state index in [2.05, 4.69) is 15.0 Å². The number of hydrogen-bond acceptors (Lipinski definition) is 4. The molecular formula is C11H11N3O2S. The van der Waals surface area contributed by atoms with Crippen LogP contribution in [0.15, 0.2) is 12.3 Å². The number of carboxylic acid groups (broad SMARTS) is 1. The summed E-state index contributed by atoms with van der Waals surface area (Å²) in [5, 5.41) is 9.28. The maximum absolute atomic E-state index is 10.8. The van der Waals surface area contributed by atoms with E-state index in [4.69, 9.17) is 5.11 Å². The second kappa shape index (κ2) is 4.03. The Bertz CT molecular complexity index is 575. The Morgan fingerprint density at radius 2 is 2.47 bits per heavy atom. The maximum atomic E-state index is 10.8. The first-order valence-electron chi connectivity index (χ1n) is 5.44. The number of fused-ring (bicyclic) bond motifs is 1. The number of pyridine rings is 1. The fourth-order valence-electron chi connectivity index (χ4n) is 1.98. The first kappa shape index (κ1) is 10.6. The molecule has 0 aromatic carbocycles. The number of aromatic carboxylic acids is 1. The fourth-order valence-corrected chi connectivity index (χ4v) is 3.20. The lowest BCUT2D eigenvalue weighted by atomic mass is 10.2. The van der Waals surface area contributed by atoms with Gasteiger partial charge >= 0.3 is 5.97 Å². The van der Waals surface area contributed by atoms with Crippen LogP contribution in [0, 0.1) is 0 Å². The third-order valence-electron chi connectivity index (χ3n) is 2.84. The minimum absolute atomic E-state index is 0.187. The number of rotatable bonds is 2. The minimum Gasteiger partial charge on any atom is -0.478 e. The summed E-state index contributed by atoms with van der Waals surface area (Å²) in [7, 11) is 0. The number of thioether (sulfide) groups is 1. The maximum Gasteiger partial charge on any atom is 0.337 e. The zero-order valence-electron chi connectivity index (χ0n) is 9.01. The Kier molecular flexibility index (Phi) is 2.51. The SMILES string of the molecule is O=C(O)c1cnc2nc(C3CCCS3)[nH]c2c1. The van der Waals surface area contributed by atoms with E-state index < -0.39 is 5.97 Å². The van der Waals surface area contributed by atoms with Gasteiger partial charge in [0.15, 0.2) is 5.65 Å². The molecule has 3 rings (SSSR count). The van der Waals surface area contributed by atoms with E-state index in [1.54, 1.807) is 6.07 Å². The second-order valence-electron chi connectivity index (χ2n) is 4.02. The van der Waals surface area contributed by atoms with Crippen LogP contribution in [0.25, 0.3) is 11.2 Å². The van der Waals surface area contributed by atoms with Crippen LogP contribution in [-0.2, 0) is 0 Å². The van der Waals surface area contributed by atoms with Crippen molar-refractivity contribution in [2.45, 2.75) is 18.1 Å². The Hall–Kier alpha value is -1.56. The molecular weight excluding hydrogens is 238 g/mol. The van der Waals surface area contributed by atoms with Gasteiger partial charge in [0.25, 0.3) is 0 Å². The molecule has 1 aliphatic heterocycles. The van der Waals surface area contributed by atoms with Crippen LogP contribution in [-0.4, -0.2) is 31.8 Å². The lowest BCUT2D eigenvalue weighted by molar-refractivity contribution is 0.0696. The number of carboxylic acids is 1. The molecule has 2 N–H and O–H groups in total. The fraction of sp³-hybridized carbons (Fsp3) is 0.364. The summed E-state index contributed by atoms with van der Waals surface area (Å²) in [6, 6.07) is 1.58. The molecule has 1 atom stereocenters. The number of carbonyl (C=O) groups is 1. The van der Waals surface area contributed by atoms with E-state index in [1.807, 2.05) is 11.8 Å². The first-order valence-corrected chi connectivity index (χ1v) is 6.49. The summed E-state index contributed by atoms with van der Waals surface area (Å²) < 4.78 is 0. The van der Waals surface area contributed by atoms with Crippen LogP contribution in [0.3, 0.4) is 0 Å². The van der Waals surface area contributed by atoms with Crippen molar-refractivity contribution in [3.8, 4) is 0 Å². The van der Waals surface area contributed by atoms with Crippen LogP contribution in [0.2, 0.25) is 0 Å². The first-order chi connectivity index (χ1) is 8.24. The van der Waals surface area contributed by atoms with Gasteiger partial charge in [0.1, 0.15) is 5.82 Å². The summed E-state index contributed by atoms with van der Waals surface area (Å²) in [4.78, 5) is 22.5. The van der Waals surface area contributed by atoms with Gasteiger partial charge < -0.3 is 10.1 Å². The molecule has 88 valence electrons. The van der Waals surface area contributed by atoms with Gasteiger partial charge in [0.05, 0.1) is 16.3 Å². The van der Waals surface area contributed by atoms with E-state index in [-0.39, 0.29) is 5.56 Å². The van der Waals surface area contributed by atoms with Crippen LogP contribution in [0.1, 0.15) is 34.3 Å². The number of nitrogens with zero attached hydrogens (tertiary/aromatic N) is 2. The molecule has 1 fully saturated rings. The molecule has 5 nitrogen and oxygen atoms in total. The molecule has 0 bridgehead atoms. The minimum atomic E-state index is -0.967. The molecule has 0 radical (unpaired) electrons. The molecule has 17 heavy (non-hydrogen) atoms. The lowest BCUT2D eigenvalue weighted by Gasteiger charge is -2.01. The van der Waals surface area contributed by atoms with Crippen molar-refractivity contribution in [1.29, 1.82) is 0 Å². The van der Waals surface area contributed by atoms with Gasteiger partial charge in [-0.25, -0.2) is 14.8 Å². The highest BCUT2D eigenvalue weighted by molar-refractivity contribution is 7.99. The van der Waals surface area contributed by atoms with Gasteiger partial charge in [0.2, 0.25) is 0 Å². The average molecular weight is 249 g/mol. The zero-order valence-corrected chi connectivity index (χ0v) is 9.83. The molecule has 2 aromatic rings. The Balaban J connectivity index is 2.03. The van der Waals surface area contributed by atoms with Crippen molar-refractivity contribution in [3.05, 3.63) is 23.7 Å². The summed E-state index contributed by atoms with van der Waals surface area (Å²) in [5.74, 6) is 1.11. The zero-order chi connectivity index (χ0) is 11.8. The van der Waals surface area contributed by atoms with Crippen LogP contribution in [0.4, 0.5) is 0 Å². The van der Waals surface area contributed by atoms with Crippen molar-refractivity contribution in [2.24, 2.45) is 0 Å². The number of aromatic amines is 1. The number of aromatic nitrogens is 3. The molecule has 1 unspecified atom stereocenters. The van der Waals surface area contributed by atoms with Gasteiger partial charge in [-0.2, -0.15) is 11.8 Å². The van der Waals surface area contributed by atoms with Crippen molar-refractivity contribution >= 4 is 28.9 Å². The van der Waals surface area contributed by atoms with E-state index in [0.717, 1.165) is 18.0 Å². The number of H-pyrrole nitrogens is 1. The van der Waals surface area contributed by atoms with Crippen LogP contribution in [0.5, 0.6) is 0 Å². The van der Waals surface area contributed by atoms with Gasteiger partial charge in [-0.05, 0) is 24.7 Å². The van der Waals surface area contributed by atoms with Gasteiger partial charge in [0, 0.05) is 6.20 Å². The lowest BCUT2D eigenvalue weighted by Crippen LogP contribution is -1.96. The van der Waals surface area contributed by atoms with E-state index in [1.165, 1.54) is 12.6 Å². The number of nitrogens with one attached hydrogen (secondary N) is 1. The highest BCUT2D eigenvalue weighted by atomic mass is 32.2. The van der Waals surface area contributed by atoms with E-state index >= 15 is 0 Å². The largest absolute Gasteiger partial charge is 0.478 e. The summed E-state index contributed by atoms with van der Waals surface area (Å²) in [6.45, 7) is 0. The third-order valence-corrected chi connectivity index (χ3v) is 4.22. The van der Waals surface area contributed by atoms with Crippen molar-refractivity contribution < 1.29 is 9.90 Å². The van der Waals surface area contributed by atoms with Crippen LogP contribution < -0.4 is 0 Å². The molecule has 0 amide bonds. The number of imidazole rings is 1. The summed E-state index contributed by atoms with van der Waals surface area (Å²) in [6.07, 6.45) is 3.67. The average Bonchev–Trinajstić information content (AvgIpc) is 2.96. The molecule has 0 spiro atoms. The summed E-state index contributed by atoms with van der Waals surface area (Å²) in [5.41, 5.74) is 1.48. The van der Waals surface area contributed by atoms with E-state index in [0.29, 0.717) is 16.4 Å². The molecule has 0 saturated carbocycles. The Labute approximate surface area is 102 Å². The standard InChI is InChI=1S/C11H11N3O2S/c15-11(16)6-4-7-9(12-5-6)14-10(13-7)8-2-1-3-17-8/h4-5,8H,1-3H2,(H,15,16)(H,12,13,14). The molecule has 6 heteroatoms. The van der Waals surface area contributed by atoms with E-state index in [9.17, 15) is 4.79 Å². The number of hydrogen-bond donors (Lipinski definition) is 2. The Morgan fingerprint density at radius 3 is 3.18 bits per heavy atom.